The molecule has 0 saturated carbocycles. The number of hydrogen-bond donors (Lipinski definition) is 0. The number of hydrogen-bond acceptors (Lipinski definition) is 2. The summed E-state index contributed by atoms with van der Waals surface area (Å²) in [4.78, 5) is 0. The van der Waals surface area contributed by atoms with Crippen LogP contribution in [0.2, 0.25) is 0 Å². The Morgan fingerprint density at radius 1 is 1.50 bits per heavy atom. The number of rotatable bonds is 0. The Labute approximate surface area is 39.0 Å². The zero-order valence-electron chi connectivity index (χ0n) is 2.80. The third-order valence-corrected chi connectivity index (χ3v) is 0.641. The van der Waals surface area contributed by atoms with E-state index >= 15 is 0 Å². The Bertz CT molecular complexity index is 162. The summed E-state index contributed by atoms with van der Waals surface area (Å²) >= 11 is 1.13. The van der Waals surface area contributed by atoms with Crippen LogP contribution in [-0.4, -0.2) is 0 Å². The van der Waals surface area contributed by atoms with Gasteiger partial charge in [-0.05, 0) is 0 Å². The van der Waals surface area contributed by atoms with Crippen molar-refractivity contribution in [2.24, 2.45) is 9.63 Å². The molecule has 1 aliphatic heterocycles. The smallest absolute Gasteiger partial charge is 0.0732 e. The molecule has 0 aromatic heterocycles. The van der Waals surface area contributed by atoms with Gasteiger partial charge in [-0.15, -0.1) is 0 Å². The van der Waals surface area contributed by atoms with E-state index in [9.17, 15) is 0 Å². The Morgan fingerprint density at radius 2 is 2.50 bits per heavy atom. The van der Waals surface area contributed by atoms with Crippen LogP contribution in [0.15, 0.2) is 9.63 Å². The minimum atomic E-state index is 1.13. The molecule has 0 spiro atoms. The summed E-state index contributed by atoms with van der Waals surface area (Å²) in [6.45, 7) is 0. The lowest BCUT2D eigenvalue weighted by Gasteiger charge is -1.63. The minimum Gasteiger partial charge on any atom is -0.0840 e. The van der Waals surface area contributed by atoms with E-state index in [2.05, 4.69) is 26.8 Å². The van der Waals surface area contributed by atoms with Crippen molar-refractivity contribution >= 4 is 11.4 Å². The van der Waals surface area contributed by atoms with E-state index in [1.165, 1.54) is 0 Å². The van der Waals surface area contributed by atoms with Gasteiger partial charge in [-0.3, -0.25) is 0 Å². The van der Waals surface area contributed by atoms with Crippen LogP contribution in [0.1, 0.15) is 0 Å². The van der Waals surface area contributed by atoms with Crippen molar-refractivity contribution in [2.75, 3.05) is 0 Å². The molecule has 0 amide bonds. The van der Waals surface area contributed by atoms with E-state index in [0.717, 1.165) is 11.4 Å². The molecule has 3 heteroatoms. The van der Waals surface area contributed by atoms with Gasteiger partial charge in [-0.25, -0.2) is 0 Å². The number of nitrogens with zero attached hydrogens (tertiary/aromatic N) is 2. The first-order valence-electron chi connectivity index (χ1n) is 1.31. The van der Waals surface area contributed by atoms with Gasteiger partial charge in [0.1, 0.15) is 0 Å². The highest BCUT2D eigenvalue weighted by Gasteiger charge is 1.62. The van der Waals surface area contributed by atoms with Crippen LogP contribution in [-0.2, 0) is 0 Å². The van der Waals surface area contributed by atoms with E-state index in [4.69, 9.17) is 0 Å². The Morgan fingerprint density at radius 3 is 2.67 bits per heavy atom. The van der Waals surface area contributed by atoms with Gasteiger partial charge >= 0.3 is 0 Å². The second kappa shape index (κ2) is 1.56. The predicted octanol–water partition coefficient (Wildman–Crippen LogP) is 1.02. The first-order chi connectivity index (χ1) is 3.00. The van der Waals surface area contributed by atoms with Crippen molar-refractivity contribution in [3.05, 3.63) is 0 Å². The van der Waals surface area contributed by atoms with E-state index in [0.29, 0.717) is 0 Å². The van der Waals surface area contributed by atoms with Crippen molar-refractivity contribution in [1.29, 1.82) is 0 Å². The molecule has 1 aliphatic rings. The molecule has 0 aliphatic carbocycles. The third kappa shape index (κ3) is 0.554. The van der Waals surface area contributed by atoms with Gasteiger partial charge in [-0.2, -0.15) is 0 Å². The van der Waals surface area contributed by atoms with E-state index in [-0.39, 0.29) is 0 Å². The lowest BCUT2D eigenvalue weighted by atomic mass is 10.8. The van der Waals surface area contributed by atoms with Crippen LogP contribution in [0.5, 0.6) is 0 Å². The summed E-state index contributed by atoms with van der Waals surface area (Å²) in [5, 5.41) is 5.92. The molecule has 6 heavy (non-hydrogen) atoms. The van der Waals surface area contributed by atoms with Crippen LogP contribution in [0, 0.1) is 17.1 Å². The first-order valence-corrected chi connectivity index (χ1v) is 2.08. The summed E-state index contributed by atoms with van der Waals surface area (Å²) in [5.41, 5.74) is 0. The minimum absolute atomic E-state index is 1.13. The van der Waals surface area contributed by atoms with Gasteiger partial charge < -0.3 is 0 Å². The van der Waals surface area contributed by atoms with E-state index in [1.807, 2.05) is 0 Å². The van der Waals surface area contributed by atoms with E-state index < -0.39 is 0 Å². The fraction of sp³-hybridized carbons (Fsp3) is 0. The van der Waals surface area contributed by atoms with Crippen LogP contribution >= 0.6 is 11.4 Å². The molecular weight excluding hydrogens is 96.1 g/mol. The fourth-order valence-electron chi connectivity index (χ4n) is 0.132. The molecule has 2 nitrogen and oxygen atoms in total. The standard InChI is InChI=1S/C3N2S/c1-2-4-5-6-3-1. The Hall–Kier alpha value is -0.840. The van der Waals surface area contributed by atoms with Gasteiger partial charge in [0.05, 0.1) is 6.04 Å². The largest absolute Gasteiger partial charge is 0.0840 e. The second-order valence-electron chi connectivity index (χ2n) is 0.612. The molecule has 0 aromatic carbocycles. The fourth-order valence-corrected chi connectivity index (χ4v) is 0.346. The maximum absolute atomic E-state index is 3.43. The van der Waals surface area contributed by atoms with Crippen molar-refractivity contribution in [3.63, 3.8) is 0 Å². The lowest BCUT2D eigenvalue weighted by Crippen LogP contribution is -1.48. The van der Waals surface area contributed by atoms with Gasteiger partial charge in [0, 0.05) is 22.5 Å². The summed E-state index contributed by atoms with van der Waals surface area (Å²) in [7, 11) is 0. The molecule has 0 radical (unpaired) electrons. The summed E-state index contributed by atoms with van der Waals surface area (Å²) in [5.74, 6) is 2.49. The average molecular weight is 96.1 g/mol. The summed E-state index contributed by atoms with van der Waals surface area (Å²) < 4.78 is 3.43. The normalized spacial score (nSPS) is 12.0. The van der Waals surface area contributed by atoms with Crippen molar-refractivity contribution < 1.29 is 0 Å². The summed E-state index contributed by atoms with van der Waals surface area (Å²) in [6, 6.07) is 2.36. The monoisotopic (exact) mass is 96.0 g/mol. The lowest BCUT2D eigenvalue weighted by molar-refractivity contribution is 1.41. The molecule has 0 atom stereocenters. The predicted molar refractivity (Wildman–Crippen MR) is 24.1 cm³/mol. The van der Waals surface area contributed by atoms with Gasteiger partial charge in [0.25, 0.3) is 0 Å². The Balaban J connectivity index is 3.03. The molecule has 1 rings (SSSR count). The molecule has 28 valence electrons. The SMILES string of the molecule is C1#CN=NS#C1. The Kier molecular flexibility index (Phi) is 0.872. The summed E-state index contributed by atoms with van der Waals surface area (Å²) in [6.07, 6.45) is 0. The van der Waals surface area contributed by atoms with Gasteiger partial charge in [0.15, 0.2) is 0 Å². The quantitative estimate of drug-likeness (QED) is 0.318. The third-order valence-electron chi connectivity index (χ3n) is 0.284. The average Bonchev–Trinajstić information content (AvgIpc) is 1.72. The zero-order chi connectivity index (χ0) is 4.24. The molecule has 0 saturated heterocycles. The zero-order valence-corrected chi connectivity index (χ0v) is 3.62. The van der Waals surface area contributed by atoms with Crippen molar-refractivity contribution in [1.82, 2.24) is 0 Å². The van der Waals surface area contributed by atoms with Crippen molar-refractivity contribution in [3.8, 4) is 17.1 Å². The maximum Gasteiger partial charge on any atom is 0.0732 e. The molecule has 0 fully saturated rings. The molecule has 0 bridgehead atoms. The van der Waals surface area contributed by atoms with Crippen molar-refractivity contribution in [2.45, 2.75) is 0 Å². The molecule has 1 heterocycles. The molecule has 0 unspecified atom stereocenters. The van der Waals surface area contributed by atoms with Crippen LogP contribution in [0.25, 0.3) is 0 Å². The highest BCUT2D eigenvalue weighted by Crippen LogP contribution is 1.86. The topological polar surface area (TPSA) is 24.7 Å². The highest BCUT2D eigenvalue weighted by molar-refractivity contribution is 7.87. The van der Waals surface area contributed by atoms with Crippen LogP contribution in [0.3, 0.4) is 0 Å². The molecule has 0 N–H and O–H groups in total. The molecule has 0 aromatic rings. The first kappa shape index (κ1) is 3.35. The highest BCUT2D eigenvalue weighted by atomic mass is 32.1. The maximum atomic E-state index is 3.43. The van der Waals surface area contributed by atoms with Crippen LogP contribution < -0.4 is 0 Å². The molecular formula is C3N2S. The van der Waals surface area contributed by atoms with E-state index in [1.54, 1.807) is 0 Å². The second-order valence-corrected chi connectivity index (χ2v) is 1.16. The van der Waals surface area contributed by atoms with Gasteiger partial charge in [0.2, 0.25) is 0 Å². The van der Waals surface area contributed by atoms with Gasteiger partial charge in [-0.1, -0.05) is 9.63 Å². The van der Waals surface area contributed by atoms with Crippen LogP contribution in [0.4, 0.5) is 0 Å².